The van der Waals surface area contributed by atoms with Gasteiger partial charge in [0.1, 0.15) is 6.61 Å². The van der Waals surface area contributed by atoms with E-state index in [2.05, 4.69) is 10.6 Å². The number of hydrogen-bond acceptors (Lipinski definition) is 6. The van der Waals surface area contributed by atoms with E-state index in [1.165, 1.54) is 6.07 Å². The molecule has 0 radical (unpaired) electrons. The Kier molecular flexibility index (Phi) is 7.12. The summed E-state index contributed by atoms with van der Waals surface area (Å²) in [4.78, 5) is 36.7. The summed E-state index contributed by atoms with van der Waals surface area (Å²) in [6, 6.07) is 5.37. The van der Waals surface area contributed by atoms with Gasteiger partial charge in [0, 0.05) is 5.75 Å². The molecule has 2 atom stereocenters. The maximum absolute atomic E-state index is 12.5. The number of amides is 2. The maximum Gasteiger partial charge on any atom is 0.339 e. The summed E-state index contributed by atoms with van der Waals surface area (Å²) >= 11 is 0. The molecule has 0 aliphatic carbocycles. The molecule has 0 fully saturated rings. The van der Waals surface area contributed by atoms with Crippen LogP contribution in [0.15, 0.2) is 40.4 Å². The molecule has 9 heteroatoms. The Morgan fingerprint density at radius 1 is 1.15 bits per heavy atom. The number of rotatable bonds is 7. The van der Waals surface area contributed by atoms with E-state index in [0.29, 0.717) is 10.6 Å². The average molecular weight is 394 g/mol. The van der Waals surface area contributed by atoms with E-state index in [9.17, 15) is 18.6 Å². The fraction of sp³-hybridized carbons (Fsp3) is 0.389. The molecular formula is C18H22N2O6S. The third kappa shape index (κ3) is 4.94. The summed E-state index contributed by atoms with van der Waals surface area (Å²) < 4.78 is 22.4. The zero-order valence-electron chi connectivity index (χ0n) is 15.4. The van der Waals surface area contributed by atoms with Gasteiger partial charge in [0.25, 0.3) is 0 Å². The highest BCUT2D eigenvalue weighted by Crippen LogP contribution is 2.18. The topological polar surface area (TPSA) is 111 Å². The van der Waals surface area contributed by atoms with Gasteiger partial charge in [-0.2, -0.15) is 0 Å². The summed E-state index contributed by atoms with van der Waals surface area (Å²) in [5.74, 6) is -0.929. The summed E-state index contributed by atoms with van der Waals surface area (Å²) in [6.45, 7) is 4.90. The van der Waals surface area contributed by atoms with Crippen LogP contribution < -0.4 is 10.6 Å². The van der Waals surface area contributed by atoms with Gasteiger partial charge in [0.2, 0.25) is 0 Å². The molecule has 1 aromatic rings. The van der Waals surface area contributed by atoms with Crippen LogP contribution in [0.5, 0.6) is 0 Å². The van der Waals surface area contributed by atoms with Crippen molar-refractivity contribution in [3.63, 3.8) is 0 Å². The zero-order chi connectivity index (χ0) is 20.0. The second-order valence-electron chi connectivity index (χ2n) is 5.64. The number of nitrogens with one attached hydrogen (secondary N) is 2. The van der Waals surface area contributed by atoms with Crippen LogP contribution in [-0.4, -0.2) is 47.2 Å². The Labute approximate surface area is 159 Å². The second kappa shape index (κ2) is 9.31. The average Bonchev–Trinajstić information content (AvgIpc) is 2.65. The van der Waals surface area contributed by atoms with Crippen molar-refractivity contribution in [1.82, 2.24) is 10.6 Å². The molecule has 1 aliphatic rings. The molecule has 27 heavy (non-hydrogen) atoms. The minimum atomic E-state index is -1.33. The molecule has 2 rings (SSSR count). The van der Waals surface area contributed by atoms with Gasteiger partial charge in [0.15, 0.2) is 0 Å². The van der Waals surface area contributed by atoms with Crippen LogP contribution in [0.2, 0.25) is 0 Å². The van der Waals surface area contributed by atoms with Crippen molar-refractivity contribution < 1.29 is 28.1 Å². The summed E-state index contributed by atoms with van der Waals surface area (Å²) in [5.41, 5.74) is 0.533. The van der Waals surface area contributed by atoms with Gasteiger partial charge in [-0.25, -0.2) is 14.4 Å². The molecule has 0 saturated heterocycles. The molecule has 0 aromatic heterocycles. The van der Waals surface area contributed by atoms with E-state index in [-0.39, 0.29) is 30.0 Å². The number of esters is 2. The molecule has 2 amide bonds. The number of urea groups is 1. The van der Waals surface area contributed by atoms with E-state index < -0.39 is 34.8 Å². The quantitative estimate of drug-likeness (QED) is 0.678. The summed E-state index contributed by atoms with van der Waals surface area (Å²) in [6.07, 6.45) is 0. The minimum absolute atomic E-state index is 0.159. The highest BCUT2D eigenvalue weighted by atomic mass is 32.2. The Morgan fingerprint density at radius 3 is 2.52 bits per heavy atom. The van der Waals surface area contributed by atoms with Gasteiger partial charge in [-0.1, -0.05) is 19.1 Å². The molecule has 0 saturated carbocycles. The van der Waals surface area contributed by atoms with Crippen molar-refractivity contribution in [2.24, 2.45) is 0 Å². The van der Waals surface area contributed by atoms with Crippen molar-refractivity contribution in [1.29, 1.82) is 0 Å². The molecule has 146 valence electrons. The second-order valence-corrected chi connectivity index (χ2v) is 7.35. The summed E-state index contributed by atoms with van der Waals surface area (Å²) in [5, 5.41) is 5.04. The number of ether oxygens (including phenoxy) is 2. The SMILES string of the molecule is CCOC(=O)C1=C(COC(=O)c2ccccc2[S@](=O)CC)NC(=O)N[C@@H]1C. The third-order valence-electron chi connectivity index (χ3n) is 3.83. The lowest BCUT2D eigenvalue weighted by molar-refractivity contribution is -0.139. The highest BCUT2D eigenvalue weighted by Gasteiger charge is 2.30. The third-order valence-corrected chi connectivity index (χ3v) is 5.20. The van der Waals surface area contributed by atoms with E-state index >= 15 is 0 Å². The largest absolute Gasteiger partial charge is 0.463 e. The van der Waals surface area contributed by atoms with Crippen LogP contribution in [0.25, 0.3) is 0 Å². The first-order valence-corrected chi connectivity index (χ1v) is 9.83. The lowest BCUT2D eigenvalue weighted by atomic mass is 10.0. The fourth-order valence-electron chi connectivity index (χ4n) is 2.60. The van der Waals surface area contributed by atoms with Gasteiger partial charge in [-0.05, 0) is 26.0 Å². The zero-order valence-corrected chi connectivity index (χ0v) is 16.2. The standard InChI is InChI=1S/C18H22N2O6S/c1-4-25-17(22)15-11(3)19-18(23)20-13(15)10-26-16(21)12-8-6-7-9-14(12)27(24)5-2/h6-9,11H,4-5,10H2,1-3H3,(H2,19,20,23)/t11-,27-/m1/s1. The molecule has 0 bridgehead atoms. The van der Waals surface area contributed by atoms with Gasteiger partial charge in [0.05, 0.1) is 45.2 Å². The Hall–Kier alpha value is -2.68. The van der Waals surface area contributed by atoms with Gasteiger partial charge < -0.3 is 20.1 Å². The Balaban J connectivity index is 2.24. The first-order valence-electron chi connectivity index (χ1n) is 8.51. The predicted molar refractivity (Wildman–Crippen MR) is 98.5 cm³/mol. The first kappa shape index (κ1) is 20.6. The number of carbonyl (C=O) groups is 3. The molecular weight excluding hydrogens is 372 g/mol. The van der Waals surface area contributed by atoms with Crippen molar-refractivity contribution in [2.45, 2.75) is 31.7 Å². The number of benzene rings is 1. The van der Waals surface area contributed by atoms with Gasteiger partial charge >= 0.3 is 18.0 Å². The molecule has 0 spiro atoms. The van der Waals surface area contributed by atoms with Crippen LogP contribution in [0.4, 0.5) is 4.79 Å². The maximum atomic E-state index is 12.5. The van der Waals surface area contributed by atoms with Crippen LogP contribution in [0.1, 0.15) is 31.1 Å². The van der Waals surface area contributed by atoms with E-state index in [0.717, 1.165) is 0 Å². The monoisotopic (exact) mass is 394 g/mol. The van der Waals surface area contributed by atoms with E-state index in [4.69, 9.17) is 9.47 Å². The molecule has 1 heterocycles. The smallest absolute Gasteiger partial charge is 0.339 e. The lowest BCUT2D eigenvalue weighted by Gasteiger charge is -2.26. The van der Waals surface area contributed by atoms with Crippen molar-refractivity contribution in [2.75, 3.05) is 19.0 Å². The number of carbonyl (C=O) groups excluding carboxylic acids is 3. The first-order chi connectivity index (χ1) is 12.9. The van der Waals surface area contributed by atoms with Crippen LogP contribution in [-0.2, 0) is 25.1 Å². The van der Waals surface area contributed by atoms with Crippen LogP contribution >= 0.6 is 0 Å². The predicted octanol–water partition coefficient (Wildman–Crippen LogP) is 1.49. The van der Waals surface area contributed by atoms with Crippen LogP contribution in [0, 0.1) is 0 Å². The molecule has 8 nitrogen and oxygen atoms in total. The van der Waals surface area contributed by atoms with Crippen LogP contribution in [0.3, 0.4) is 0 Å². The normalized spacial score (nSPS) is 17.6. The van der Waals surface area contributed by atoms with Crippen molar-refractivity contribution in [3.05, 3.63) is 41.1 Å². The molecule has 1 aromatic carbocycles. The van der Waals surface area contributed by atoms with Gasteiger partial charge in [-0.3, -0.25) is 4.21 Å². The Bertz CT molecular complexity index is 805. The van der Waals surface area contributed by atoms with Crippen molar-refractivity contribution >= 4 is 28.8 Å². The lowest BCUT2D eigenvalue weighted by Crippen LogP contribution is -2.50. The molecule has 1 aliphatic heterocycles. The molecule has 2 N–H and O–H groups in total. The Morgan fingerprint density at radius 2 is 1.85 bits per heavy atom. The highest BCUT2D eigenvalue weighted by molar-refractivity contribution is 7.85. The van der Waals surface area contributed by atoms with E-state index in [1.807, 2.05) is 0 Å². The van der Waals surface area contributed by atoms with E-state index in [1.54, 1.807) is 39.0 Å². The minimum Gasteiger partial charge on any atom is -0.463 e. The van der Waals surface area contributed by atoms with Gasteiger partial charge in [-0.15, -0.1) is 0 Å². The summed E-state index contributed by atoms with van der Waals surface area (Å²) in [7, 11) is -1.33. The fourth-order valence-corrected chi connectivity index (χ4v) is 3.54. The molecule has 0 unspecified atom stereocenters. The number of hydrogen-bond donors (Lipinski definition) is 2. The van der Waals surface area contributed by atoms with Crippen molar-refractivity contribution in [3.8, 4) is 0 Å².